The van der Waals surface area contributed by atoms with Gasteiger partial charge in [-0.25, -0.2) is 0 Å². The van der Waals surface area contributed by atoms with Gasteiger partial charge in [-0.15, -0.1) is 0 Å². The van der Waals surface area contributed by atoms with Gasteiger partial charge in [0.25, 0.3) is 0 Å². The number of carbonyl (C=O) groups excluding carboxylic acids is 1. The molecule has 206 valence electrons. The Hall–Kier alpha value is -1.65. The van der Waals surface area contributed by atoms with Crippen molar-refractivity contribution in [1.29, 1.82) is 0 Å². The van der Waals surface area contributed by atoms with Crippen molar-refractivity contribution in [2.75, 3.05) is 65.7 Å². The van der Waals surface area contributed by atoms with Crippen LogP contribution < -0.4 is 9.47 Å². The molecule has 0 bridgehead atoms. The molecule has 1 fully saturated rings. The monoisotopic (exact) mass is 552 g/mol. The van der Waals surface area contributed by atoms with E-state index in [1.165, 1.54) is 25.0 Å². The largest absolute Gasteiger partial charge is 0.491 e. The quantitative estimate of drug-likeness (QED) is 0.120. The van der Waals surface area contributed by atoms with Crippen LogP contribution in [0.15, 0.2) is 36.4 Å². The van der Waals surface area contributed by atoms with Crippen LogP contribution in [0.1, 0.15) is 38.5 Å². The molecular weight excluding hydrogens is 512 g/mol. The molecule has 1 aliphatic rings. The lowest BCUT2D eigenvalue weighted by atomic mass is 10.1. The first-order valence-electron chi connectivity index (χ1n) is 13.1. The minimum Gasteiger partial charge on any atom is -0.491 e. The fourth-order valence-electron chi connectivity index (χ4n) is 3.95. The van der Waals surface area contributed by atoms with E-state index in [-0.39, 0.29) is 12.6 Å². The Morgan fingerprint density at radius 1 is 0.838 bits per heavy atom. The minimum atomic E-state index is -0.138. The van der Waals surface area contributed by atoms with E-state index >= 15 is 0 Å². The second kappa shape index (κ2) is 18.6. The van der Waals surface area contributed by atoms with E-state index in [9.17, 15) is 4.79 Å². The molecule has 0 saturated carbocycles. The van der Waals surface area contributed by atoms with Crippen molar-refractivity contribution >= 4 is 38.3 Å². The summed E-state index contributed by atoms with van der Waals surface area (Å²) < 4.78 is 33.2. The molecule has 1 aliphatic heterocycles. The zero-order chi connectivity index (χ0) is 26.0. The molecule has 0 amide bonds. The number of hydrogen-bond donors (Lipinski definition) is 0. The molecule has 1 heterocycles. The lowest BCUT2D eigenvalue weighted by Gasteiger charge is -2.19. The zero-order valence-corrected chi connectivity index (χ0v) is 23.5. The van der Waals surface area contributed by atoms with E-state index in [1.807, 2.05) is 58.0 Å². The van der Waals surface area contributed by atoms with E-state index in [0.717, 1.165) is 40.4 Å². The summed E-state index contributed by atoms with van der Waals surface area (Å²) in [6.07, 6.45) is 6.30. The number of rotatable bonds is 19. The van der Waals surface area contributed by atoms with Gasteiger partial charge in [-0.05, 0) is 37.8 Å². The first-order valence-corrected chi connectivity index (χ1v) is 15.5. The van der Waals surface area contributed by atoms with Gasteiger partial charge >= 0.3 is 5.97 Å². The van der Waals surface area contributed by atoms with Crippen LogP contribution in [0, 0.1) is 0 Å². The first-order chi connectivity index (χ1) is 18.3. The molecule has 0 aromatic heterocycles. The van der Waals surface area contributed by atoms with Gasteiger partial charge < -0.3 is 28.4 Å². The van der Waals surface area contributed by atoms with E-state index in [4.69, 9.17) is 28.4 Å². The molecular formula is C28H40O7S2. The summed E-state index contributed by atoms with van der Waals surface area (Å²) in [6.45, 7) is 3.55. The molecule has 0 radical (unpaired) electrons. The smallest absolute Gasteiger partial charge is 0.305 e. The minimum absolute atomic E-state index is 0.138. The summed E-state index contributed by atoms with van der Waals surface area (Å²) in [5.41, 5.74) is 0. The van der Waals surface area contributed by atoms with Crippen molar-refractivity contribution in [3.63, 3.8) is 0 Å². The molecule has 7 nitrogen and oxygen atoms in total. The number of carbonyl (C=O) groups is 1. The van der Waals surface area contributed by atoms with Crippen LogP contribution in [0.4, 0.5) is 0 Å². The summed E-state index contributed by atoms with van der Waals surface area (Å²) in [5, 5.41) is 2.72. The van der Waals surface area contributed by atoms with Crippen LogP contribution in [0.5, 0.6) is 11.5 Å². The van der Waals surface area contributed by atoms with Gasteiger partial charge in [-0.1, -0.05) is 52.3 Å². The molecule has 1 saturated heterocycles. The number of benzene rings is 2. The Morgan fingerprint density at radius 2 is 1.49 bits per heavy atom. The van der Waals surface area contributed by atoms with Gasteiger partial charge in [0.1, 0.15) is 31.3 Å². The Kier molecular flexibility index (Phi) is 15.0. The molecule has 1 unspecified atom stereocenters. The van der Waals surface area contributed by atoms with Gasteiger partial charge in [0, 0.05) is 35.3 Å². The maximum atomic E-state index is 11.9. The number of esters is 1. The second-order valence-electron chi connectivity index (χ2n) is 8.67. The van der Waals surface area contributed by atoms with Gasteiger partial charge in [-0.2, -0.15) is 0 Å². The number of ether oxygens (including phenoxy) is 6. The Bertz CT molecular complexity index is 905. The Balaban J connectivity index is 1.26. The third-order valence-electron chi connectivity index (χ3n) is 5.85. The molecule has 9 heteroatoms. The number of fused-ring (bicyclic) bond motifs is 1. The number of methoxy groups -OCH3 is 1. The average molecular weight is 553 g/mol. The molecule has 3 rings (SSSR count). The molecule has 0 spiro atoms. The zero-order valence-electron chi connectivity index (χ0n) is 21.8. The van der Waals surface area contributed by atoms with Gasteiger partial charge in [0.15, 0.2) is 0 Å². The van der Waals surface area contributed by atoms with E-state index < -0.39 is 0 Å². The van der Waals surface area contributed by atoms with Crippen molar-refractivity contribution in [3.05, 3.63) is 36.4 Å². The summed E-state index contributed by atoms with van der Waals surface area (Å²) >= 11 is 0. The van der Waals surface area contributed by atoms with Crippen LogP contribution >= 0.6 is 21.6 Å². The number of hydrogen-bond acceptors (Lipinski definition) is 9. The van der Waals surface area contributed by atoms with Crippen LogP contribution in [0.3, 0.4) is 0 Å². The highest BCUT2D eigenvalue weighted by Crippen LogP contribution is 2.38. The van der Waals surface area contributed by atoms with Crippen LogP contribution in [-0.4, -0.2) is 76.9 Å². The Morgan fingerprint density at radius 3 is 2.11 bits per heavy atom. The first kappa shape index (κ1) is 29.9. The van der Waals surface area contributed by atoms with Crippen molar-refractivity contribution < 1.29 is 33.2 Å². The Labute approximate surface area is 228 Å². The molecule has 37 heavy (non-hydrogen) atoms. The summed E-state index contributed by atoms with van der Waals surface area (Å²) in [6, 6.07) is 11.8. The van der Waals surface area contributed by atoms with Crippen LogP contribution in [-0.2, 0) is 23.7 Å². The summed E-state index contributed by atoms with van der Waals surface area (Å²) in [7, 11) is 5.64. The SMILES string of the molecule is COCCOCCOc1cccc2c(OCCOCCOC(=O)CCCCC3CCCSS3)cccc12. The predicted octanol–water partition coefficient (Wildman–Crippen LogP) is 5.92. The predicted molar refractivity (Wildman–Crippen MR) is 151 cm³/mol. The summed E-state index contributed by atoms with van der Waals surface area (Å²) in [5.74, 6) is 2.71. The molecule has 2 aromatic carbocycles. The molecule has 2 aromatic rings. The maximum absolute atomic E-state index is 11.9. The van der Waals surface area contributed by atoms with E-state index in [0.29, 0.717) is 52.7 Å². The lowest BCUT2D eigenvalue weighted by Crippen LogP contribution is -2.14. The fourth-order valence-corrected chi connectivity index (χ4v) is 6.85. The highest BCUT2D eigenvalue weighted by atomic mass is 33.1. The lowest BCUT2D eigenvalue weighted by molar-refractivity contribution is -0.145. The molecule has 0 N–H and O–H groups in total. The summed E-state index contributed by atoms with van der Waals surface area (Å²) in [4.78, 5) is 11.9. The molecule has 1 atom stereocenters. The van der Waals surface area contributed by atoms with Gasteiger partial charge in [0.2, 0.25) is 0 Å². The van der Waals surface area contributed by atoms with Crippen LogP contribution in [0.25, 0.3) is 10.8 Å². The number of unbranched alkanes of at least 4 members (excludes halogenated alkanes) is 1. The van der Waals surface area contributed by atoms with E-state index in [1.54, 1.807) is 7.11 Å². The highest BCUT2D eigenvalue weighted by molar-refractivity contribution is 8.77. The second-order valence-corrected chi connectivity index (χ2v) is 11.5. The van der Waals surface area contributed by atoms with Crippen molar-refractivity contribution in [1.82, 2.24) is 0 Å². The topological polar surface area (TPSA) is 72.5 Å². The highest BCUT2D eigenvalue weighted by Gasteiger charge is 2.14. The maximum Gasteiger partial charge on any atom is 0.305 e. The van der Waals surface area contributed by atoms with Gasteiger partial charge in [0.05, 0.1) is 33.0 Å². The van der Waals surface area contributed by atoms with Gasteiger partial charge in [-0.3, -0.25) is 4.79 Å². The fraction of sp³-hybridized carbons (Fsp3) is 0.607. The average Bonchev–Trinajstić information content (AvgIpc) is 2.93. The van der Waals surface area contributed by atoms with Crippen molar-refractivity contribution in [2.24, 2.45) is 0 Å². The molecule has 0 aliphatic carbocycles. The van der Waals surface area contributed by atoms with E-state index in [2.05, 4.69) is 0 Å². The standard InChI is InChI=1S/C28H40O7S2/c1-30-14-15-31-16-19-33-26-11-4-10-25-24(26)9-5-12-27(25)34-20-17-32-18-21-35-28(29)13-3-2-7-23-8-6-22-36-37-23/h4-5,9-12,23H,2-3,6-8,13-22H2,1H3. The third-order valence-corrected chi connectivity index (χ3v) is 8.91. The van der Waals surface area contributed by atoms with Crippen LogP contribution in [0.2, 0.25) is 0 Å². The normalized spacial score (nSPS) is 15.5. The third kappa shape index (κ3) is 11.7. The van der Waals surface area contributed by atoms with Crippen molar-refractivity contribution in [3.8, 4) is 11.5 Å². The van der Waals surface area contributed by atoms with Crippen molar-refractivity contribution in [2.45, 2.75) is 43.8 Å².